The SMILES string of the molecule is CCc1nnc(N(CC(=O)O)CC(F)(F)F)nc1CC. The van der Waals surface area contributed by atoms with E-state index in [1.165, 1.54) is 0 Å². The molecule has 1 aromatic rings. The molecule has 1 rings (SSSR count). The number of hydrogen-bond acceptors (Lipinski definition) is 5. The van der Waals surface area contributed by atoms with Crippen LogP contribution in [0.4, 0.5) is 19.1 Å². The van der Waals surface area contributed by atoms with Crippen LogP contribution in [-0.4, -0.2) is 45.5 Å². The van der Waals surface area contributed by atoms with Gasteiger partial charge >= 0.3 is 12.1 Å². The molecule has 0 aromatic carbocycles. The zero-order valence-electron chi connectivity index (χ0n) is 11.1. The van der Waals surface area contributed by atoms with Gasteiger partial charge in [0, 0.05) is 0 Å². The highest BCUT2D eigenvalue weighted by Crippen LogP contribution is 2.19. The average Bonchev–Trinajstić information content (AvgIpc) is 2.35. The van der Waals surface area contributed by atoms with Gasteiger partial charge in [0.15, 0.2) is 0 Å². The average molecular weight is 292 g/mol. The van der Waals surface area contributed by atoms with Gasteiger partial charge in [-0.3, -0.25) is 4.79 Å². The monoisotopic (exact) mass is 292 g/mol. The van der Waals surface area contributed by atoms with E-state index in [9.17, 15) is 18.0 Å². The molecule has 0 aliphatic carbocycles. The molecule has 6 nitrogen and oxygen atoms in total. The largest absolute Gasteiger partial charge is 0.480 e. The van der Waals surface area contributed by atoms with E-state index < -0.39 is 25.2 Å². The molecule has 0 amide bonds. The molecule has 0 saturated heterocycles. The van der Waals surface area contributed by atoms with Crippen LogP contribution in [0.2, 0.25) is 0 Å². The maximum absolute atomic E-state index is 12.5. The second kappa shape index (κ2) is 6.49. The molecule has 1 heterocycles. The van der Waals surface area contributed by atoms with Gasteiger partial charge in [-0.1, -0.05) is 13.8 Å². The molecule has 0 unspecified atom stereocenters. The molecule has 0 spiro atoms. The van der Waals surface area contributed by atoms with Gasteiger partial charge in [-0.05, 0) is 12.8 Å². The summed E-state index contributed by atoms with van der Waals surface area (Å²) in [5.74, 6) is -1.71. The highest BCUT2D eigenvalue weighted by Gasteiger charge is 2.33. The number of carboxylic acids is 1. The number of hydrogen-bond donors (Lipinski definition) is 1. The Morgan fingerprint density at radius 2 is 1.80 bits per heavy atom. The zero-order valence-corrected chi connectivity index (χ0v) is 11.1. The lowest BCUT2D eigenvalue weighted by atomic mass is 10.2. The molecule has 1 aromatic heterocycles. The third-order valence-electron chi connectivity index (χ3n) is 2.48. The van der Waals surface area contributed by atoms with Crippen molar-refractivity contribution in [1.82, 2.24) is 15.2 Å². The fraction of sp³-hybridized carbons (Fsp3) is 0.636. The van der Waals surface area contributed by atoms with Gasteiger partial charge in [-0.2, -0.15) is 18.3 Å². The van der Waals surface area contributed by atoms with E-state index in [1.807, 2.05) is 6.92 Å². The Bertz CT molecular complexity index is 479. The normalized spacial score (nSPS) is 11.4. The Morgan fingerprint density at radius 1 is 1.20 bits per heavy atom. The molecule has 9 heteroatoms. The van der Waals surface area contributed by atoms with Crippen LogP contribution in [0, 0.1) is 0 Å². The van der Waals surface area contributed by atoms with E-state index in [2.05, 4.69) is 15.2 Å². The lowest BCUT2D eigenvalue weighted by molar-refractivity contribution is -0.136. The maximum atomic E-state index is 12.5. The highest BCUT2D eigenvalue weighted by molar-refractivity contribution is 5.72. The summed E-state index contributed by atoms with van der Waals surface area (Å²) in [6.07, 6.45) is -3.51. The molecule has 0 radical (unpaired) electrons. The Kier molecular flexibility index (Phi) is 5.23. The Hall–Kier alpha value is -1.93. The third-order valence-corrected chi connectivity index (χ3v) is 2.48. The molecule has 0 aliphatic heterocycles. The van der Waals surface area contributed by atoms with Crippen molar-refractivity contribution in [1.29, 1.82) is 0 Å². The number of aromatic nitrogens is 3. The predicted molar refractivity (Wildman–Crippen MR) is 64.5 cm³/mol. The molecule has 0 bridgehead atoms. The first kappa shape index (κ1) is 16.1. The second-order valence-corrected chi connectivity index (χ2v) is 4.08. The number of aliphatic carboxylic acids is 1. The topological polar surface area (TPSA) is 79.2 Å². The molecule has 0 atom stereocenters. The summed E-state index contributed by atoms with van der Waals surface area (Å²) in [6, 6.07) is 0. The van der Waals surface area contributed by atoms with Crippen molar-refractivity contribution in [2.24, 2.45) is 0 Å². The number of anilines is 1. The van der Waals surface area contributed by atoms with Crippen LogP contribution in [-0.2, 0) is 17.6 Å². The maximum Gasteiger partial charge on any atom is 0.406 e. The minimum absolute atomic E-state index is 0.321. The van der Waals surface area contributed by atoms with E-state index in [0.29, 0.717) is 29.1 Å². The van der Waals surface area contributed by atoms with Crippen LogP contribution in [0.5, 0.6) is 0 Å². The number of rotatable bonds is 6. The van der Waals surface area contributed by atoms with Gasteiger partial charge in [0.05, 0.1) is 11.4 Å². The molecule has 0 aliphatic rings. The van der Waals surface area contributed by atoms with Crippen molar-refractivity contribution >= 4 is 11.9 Å². The fourth-order valence-corrected chi connectivity index (χ4v) is 1.64. The summed E-state index contributed by atoms with van der Waals surface area (Å²) >= 11 is 0. The lowest BCUT2D eigenvalue weighted by Crippen LogP contribution is -2.39. The van der Waals surface area contributed by atoms with Gasteiger partial charge in [0.1, 0.15) is 13.1 Å². The number of halogens is 3. The Morgan fingerprint density at radius 3 is 2.25 bits per heavy atom. The minimum Gasteiger partial charge on any atom is -0.480 e. The van der Waals surface area contributed by atoms with Crippen LogP contribution in [0.3, 0.4) is 0 Å². The van der Waals surface area contributed by atoms with Crippen LogP contribution in [0.1, 0.15) is 25.2 Å². The van der Waals surface area contributed by atoms with Crippen molar-refractivity contribution in [2.45, 2.75) is 32.9 Å². The molecular weight excluding hydrogens is 277 g/mol. The number of carbonyl (C=O) groups is 1. The first-order valence-corrected chi connectivity index (χ1v) is 6.02. The van der Waals surface area contributed by atoms with E-state index in [4.69, 9.17) is 5.11 Å². The summed E-state index contributed by atoms with van der Waals surface area (Å²) in [5.41, 5.74) is 1.12. The molecule has 0 saturated carbocycles. The van der Waals surface area contributed by atoms with Gasteiger partial charge < -0.3 is 10.0 Å². The smallest absolute Gasteiger partial charge is 0.406 e. The van der Waals surface area contributed by atoms with Crippen molar-refractivity contribution in [3.63, 3.8) is 0 Å². The molecule has 112 valence electrons. The minimum atomic E-state index is -4.55. The van der Waals surface area contributed by atoms with Crippen molar-refractivity contribution in [2.75, 3.05) is 18.0 Å². The predicted octanol–water partition coefficient (Wildman–Crippen LogP) is 1.45. The van der Waals surface area contributed by atoms with Crippen LogP contribution in [0.25, 0.3) is 0 Å². The number of carboxylic acid groups (broad SMARTS) is 1. The van der Waals surface area contributed by atoms with Gasteiger partial charge in [0.2, 0.25) is 5.95 Å². The third kappa shape index (κ3) is 4.63. The summed E-state index contributed by atoms with van der Waals surface area (Å²) < 4.78 is 37.4. The van der Waals surface area contributed by atoms with E-state index >= 15 is 0 Å². The molecule has 20 heavy (non-hydrogen) atoms. The summed E-state index contributed by atoms with van der Waals surface area (Å²) in [5, 5.41) is 16.1. The molecule has 0 fully saturated rings. The van der Waals surface area contributed by atoms with Crippen molar-refractivity contribution in [3.05, 3.63) is 11.4 Å². The van der Waals surface area contributed by atoms with Crippen molar-refractivity contribution < 1.29 is 23.1 Å². The summed E-state index contributed by atoms with van der Waals surface area (Å²) in [6.45, 7) is 1.35. The van der Waals surface area contributed by atoms with Crippen LogP contribution < -0.4 is 4.90 Å². The van der Waals surface area contributed by atoms with Crippen LogP contribution >= 0.6 is 0 Å². The molecule has 1 N–H and O–H groups in total. The standard InChI is InChI=1S/C11H15F3N4O2/c1-3-7-8(4-2)16-17-10(15-7)18(5-9(19)20)6-11(12,13)14/h3-6H2,1-2H3,(H,19,20). The van der Waals surface area contributed by atoms with E-state index in [0.717, 1.165) is 0 Å². The lowest BCUT2D eigenvalue weighted by Gasteiger charge is -2.22. The number of alkyl halides is 3. The first-order valence-electron chi connectivity index (χ1n) is 6.02. The van der Waals surface area contributed by atoms with Crippen molar-refractivity contribution in [3.8, 4) is 0 Å². The Balaban J connectivity index is 3.09. The van der Waals surface area contributed by atoms with Crippen LogP contribution in [0.15, 0.2) is 0 Å². The number of nitrogens with zero attached hydrogens (tertiary/aromatic N) is 4. The quantitative estimate of drug-likeness (QED) is 0.855. The zero-order chi connectivity index (χ0) is 15.3. The van der Waals surface area contributed by atoms with E-state index in [-0.39, 0.29) is 5.95 Å². The second-order valence-electron chi connectivity index (χ2n) is 4.08. The number of aryl methyl sites for hydroxylation is 2. The van der Waals surface area contributed by atoms with Gasteiger partial charge in [-0.25, -0.2) is 4.98 Å². The summed E-state index contributed by atoms with van der Waals surface area (Å²) in [7, 11) is 0. The fourth-order valence-electron chi connectivity index (χ4n) is 1.64. The summed E-state index contributed by atoms with van der Waals surface area (Å²) in [4.78, 5) is 15.2. The van der Waals surface area contributed by atoms with Gasteiger partial charge in [-0.15, -0.1) is 5.10 Å². The molecular formula is C11H15F3N4O2. The van der Waals surface area contributed by atoms with E-state index in [1.54, 1.807) is 6.92 Å². The Labute approximate surface area is 113 Å². The highest BCUT2D eigenvalue weighted by atomic mass is 19.4. The van der Waals surface area contributed by atoms with Gasteiger partial charge in [0.25, 0.3) is 0 Å². The first-order chi connectivity index (χ1) is 9.26.